The van der Waals surface area contributed by atoms with Crippen molar-refractivity contribution >= 4 is 23.5 Å². The first-order chi connectivity index (χ1) is 8.60. The zero-order valence-corrected chi connectivity index (χ0v) is 11.8. The molecule has 7 heteroatoms. The van der Waals surface area contributed by atoms with Crippen molar-refractivity contribution in [3.05, 3.63) is 5.28 Å². The molecule has 0 amide bonds. The molecule has 0 spiro atoms. The summed E-state index contributed by atoms with van der Waals surface area (Å²) in [4.78, 5) is 17.0. The van der Waals surface area contributed by atoms with Crippen LogP contribution in [0, 0.1) is 0 Å². The molecule has 0 unspecified atom stereocenters. The van der Waals surface area contributed by atoms with Crippen molar-refractivity contribution < 1.29 is 0 Å². The normalized spacial score (nSPS) is 17.8. The van der Waals surface area contributed by atoms with E-state index in [0.717, 1.165) is 25.9 Å². The van der Waals surface area contributed by atoms with Gasteiger partial charge in [-0.3, -0.25) is 0 Å². The van der Waals surface area contributed by atoms with E-state index in [0.29, 0.717) is 17.9 Å². The van der Waals surface area contributed by atoms with Gasteiger partial charge in [0.05, 0.1) is 0 Å². The molecule has 100 valence electrons. The molecule has 18 heavy (non-hydrogen) atoms. The van der Waals surface area contributed by atoms with Gasteiger partial charge in [-0.2, -0.15) is 15.0 Å². The fraction of sp³-hybridized carbons (Fsp3) is 0.727. The van der Waals surface area contributed by atoms with Gasteiger partial charge in [0.1, 0.15) is 0 Å². The second-order valence-corrected chi connectivity index (χ2v) is 4.96. The smallest absolute Gasteiger partial charge is 0.231 e. The fourth-order valence-corrected chi connectivity index (χ4v) is 2.31. The Morgan fingerprint density at radius 1 is 1.28 bits per heavy atom. The van der Waals surface area contributed by atoms with Crippen molar-refractivity contribution in [1.29, 1.82) is 0 Å². The number of hydrogen-bond acceptors (Lipinski definition) is 6. The first-order valence-corrected chi connectivity index (χ1v) is 6.48. The van der Waals surface area contributed by atoms with Gasteiger partial charge in [-0.1, -0.05) is 0 Å². The van der Waals surface area contributed by atoms with Crippen LogP contribution in [0.15, 0.2) is 0 Å². The molecule has 1 aromatic rings. The van der Waals surface area contributed by atoms with Crippen LogP contribution in [-0.2, 0) is 0 Å². The molecule has 2 rings (SSSR count). The quantitative estimate of drug-likeness (QED) is 0.888. The van der Waals surface area contributed by atoms with Gasteiger partial charge in [-0.25, -0.2) is 0 Å². The number of anilines is 2. The van der Waals surface area contributed by atoms with E-state index < -0.39 is 0 Å². The molecule has 0 bridgehead atoms. The van der Waals surface area contributed by atoms with Gasteiger partial charge < -0.3 is 15.1 Å². The zero-order valence-electron chi connectivity index (χ0n) is 11.0. The van der Waals surface area contributed by atoms with E-state index >= 15 is 0 Å². The molecule has 6 nitrogen and oxygen atoms in total. The zero-order chi connectivity index (χ0) is 13.1. The molecular weight excluding hydrogens is 252 g/mol. The third-order valence-electron chi connectivity index (χ3n) is 3.37. The second-order valence-electron chi connectivity index (χ2n) is 4.62. The number of aromatic nitrogens is 3. The van der Waals surface area contributed by atoms with E-state index in [1.54, 1.807) is 7.05 Å². The first kappa shape index (κ1) is 13.3. The van der Waals surface area contributed by atoms with Crippen LogP contribution in [0.2, 0.25) is 5.28 Å². The molecular formula is C11H19ClN6. The molecule has 1 aliphatic heterocycles. The molecule has 1 aromatic heterocycles. The van der Waals surface area contributed by atoms with Gasteiger partial charge in [-0.15, -0.1) is 0 Å². The van der Waals surface area contributed by atoms with Crippen LogP contribution in [0.5, 0.6) is 0 Å². The van der Waals surface area contributed by atoms with Crippen LogP contribution in [-0.4, -0.2) is 60.1 Å². The molecule has 1 aliphatic rings. The van der Waals surface area contributed by atoms with Crippen molar-refractivity contribution in [2.75, 3.05) is 44.4 Å². The highest BCUT2D eigenvalue weighted by molar-refractivity contribution is 6.28. The van der Waals surface area contributed by atoms with E-state index in [1.807, 2.05) is 7.05 Å². The van der Waals surface area contributed by atoms with Crippen LogP contribution >= 0.6 is 11.6 Å². The number of likely N-dealkylation sites (tertiary alicyclic amines) is 1. The Morgan fingerprint density at radius 3 is 2.56 bits per heavy atom. The molecule has 1 N–H and O–H groups in total. The Bertz CT molecular complexity index is 405. The summed E-state index contributed by atoms with van der Waals surface area (Å²) >= 11 is 5.90. The summed E-state index contributed by atoms with van der Waals surface area (Å²) < 4.78 is 0. The lowest BCUT2D eigenvalue weighted by Gasteiger charge is -2.35. The number of nitrogens with zero attached hydrogens (tertiary/aromatic N) is 5. The van der Waals surface area contributed by atoms with Crippen LogP contribution in [0.25, 0.3) is 0 Å². The average Bonchev–Trinajstić information content (AvgIpc) is 2.38. The number of piperidine rings is 1. The summed E-state index contributed by atoms with van der Waals surface area (Å²) in [6, 6.07) is 0.462. The summed E-state index contributed by atoms with van der Waals surface area (Å²) in [6.45, 7) is 2.21. The minimum Gasteiger partial charge on any atom is -0.357 e. The summed E-state index contributed by atoms with van der Waals surface area (Å²) in [5, 5.41) is 3.12. The Hall–Kier alpha value is -1.14. The van der Waals surface area contributed by atoms with E-state index in [9.17, 15) is 0 Å². The van der Waals surface area contributed by atoms with Gasteiger partial charge in [-0.05, 0) is 44.6 Å². The van der Waals surface area contributed by atoms with E-state index in [4.69, 9.17) is 11.6 Å². The highest BCUT2D eigenvalue weighted by atomic mass is 35.5. The topological polar surface area (TPSA) is 57.2 Å². The van der Waals surface area contributed by atoms with Gasteiger partial charge in [0, 0.05) is 20.1 Å². The Kier molecular flexibility index (Phi) is 4.19. The lowest BCUT2D eigenvalue weighted by molar-refractivity contribution is 0.252. The van der Waals surface area contributed by atoms with Crippen molar-refractivity contribution in [2.45, 2.75) is 18.9 Å². The molecule has 0 aromatic carbocycles. The average molecular weight is 271 g/mol. The Balaban J connectivity index is 2.12. The van der Waals surface area contributed by atoms with Gasteiger partial charge in [0.2, 0.25) is 17.2 Å². The molecule has 2 heterocycles. The van der Waals surface area contributed by atoms with Crippen LogP contribution < -0.4 is 10.2 Å². The van der Waals surface area contributed by atoms with Crippen molar-refractivity contribution in [1.82, 2.24) is 19.9 Å². The van der Waals surface area contributed by atoms with Gasteiger partial charge >= 0.3 is 0 Å². The van der Waals surface area contributed by atoms with Crippen molar-refractivity contribution in [3.63, 3.8) is 0 Å². The molecule has 0 aliphatic carbocycles. The molecule has 1 fully saturated rings. The predicted molar refractivity (Wildman–Crippen MR) is 73.3 cm³/mol. The molecule has 0 radical (unpaired) electrons. The molecule has 0 atom stereocenters. The van der Waals surface area contributed by atoms with E-state index in [1.165, 1.54) is 0 Å². The van der Waals surface area contributed by atoms with E-state index in [2.05, 4.69) is 37.1 Å². The maximum Gasteiger partial charge on any atom is 0.231 e. The molecule has 0 saturated carbocycles. The third kappa shape index (κ3) is 3.00. The number of hydrogen-bond donors (Lipinski definition) is 1. The van der Waals surface area contributed by atoms with Crippen LogP contribution in [0.4, 0.5) is 11.9 Å². The lowest BCUT2D eigenvalue weighted by atomic mass is 10.0. The highest BCUT2D eigenvalue weighted by Gasteiger charge is 2.22. The number of rotatable bonds is 3. The Labute approximate surface area is 112 Å². The number of halogens is 1. The van der Waals surface area contributed by atoms with Crippen molar-refractivity contribution in [3.8, 4) is 0 Å². The SMILES string of the molecule is CNc1nc(Cl)nc(N(C)C2CCN(C)CC2)n1. The summed E-state index contributed by atoms with van der Waals surface area (Å²) in [5.41, 5.74) is 0. The van der Waals surface area contributed by atoms with Crippen LogP contribution in [0.1, 0.15) is 12.8 Å². The van der Waals surface area contributed by atoms with Crippen LogP contribution in [0.3, 0.4) is 0 Å². The predicted octanol–water partition coefficient (Wildman–Crippen LogP) is 1.10. The maximum atomic E-state index is 5.90. The highest BCUT2D eigenvalue weighted by Crippen LogP contribution is 2.20. The fourth-order valence-electron chi connectivity index (χ4n) is 2.15. The van der Waals surface area contributed by atoms with E-state index in [-0.39, 0.29) is 5.28 Å². The minimum absolute atomic E-state index is 0.226. The lowest BCUT2D eigenvalue weighted by Crippen LogP contribution is -2.42. The first-order valence-electron chi connectivity index (χ1n) is 6.11. The standard InChI is InChI=1S/C11H19ClN6/c1-13-10-14-9(12)15-11(16-10)18(3)8-4-6-17(2)7-5-8/h8H,4-7H2,1-3H3,(H,13,14,15,16). The van der Waals surface area contributed by atoms with Gasteiger partial charge in [0.15, 0.2) is 0 Å². The maximum absolute atomic E-state index is 5.90. The summed E-state index contributed by atoms with van der Waals surface area (Å²) in [5.74, 6) is 1.14. The second kappa shape index (κ2) is 5.67. The minimum atomic E-state index is 0.226. The monoisotopic (exact) mass is 270 g/mol. The largest absolute Gasteiger partial charge is 0.357 e. The number of nitrogens with one attached hydrogen (secondary N) is 1. The Morgan fingerprint density at radius 2 is 1.94 bits per heavy atom. The van der Waals surface area contributed by atoms with Gasteiger partial charge in [0.25, 0.3) is 0 Å². The molecule has 1 saturated heterocycles. The third-order valence-corrected chi connectivity index (χ3v) is 3.54. The van der Waals surface area contributed by atoms with Crippen molar-refractivity contribution in [2.24, 2.45) is 0 Å². The summed E-state index contributed by atoms with van der Waals surface area (Å²) in [6.07, 6.45) is 2.23. The summed E-state index contributed by atoms with van der Waals surface area (Å²) in [7, 11) is 5.93.